The molecular formula is C36H49N3O7. The van der Waals surface area contributed by atoms with E-state index in [9.17, 15) is 19.2 Å². The summed E-state index contributed by atoms with van der Waals surface area (Å²) < 4.78 is 16.5. The molecule has 1 saturated heterocycles. The van der Waals surface area contributed by atoms with Gasteiger partial charge in [0.05, 0.1) is 31.4 Å². The number of nitrogens with zero attached hydrogens (tertiary/aromatic N) is 1. The molecule has 1 unspecified atom stereocenters. The second-order valence-electron chi connectivity index (χ2n) is 14.3. The fourth-order valence-electron chi connectivity index (χ4n) is 6.08. The summed E-state index contributed by atoms with van der Waals surface area (Å²) in [6.45, 7) is 11.5. The first-order chi connectivity index (χ1) is 21.7. The molecule has 0 spiro atoms. The number of likely N-dealkylation sites (tertiary alicyclic amines) is 1. The van der Waals surface area contributed by atoms with Crippen LogP contribution in [0.15, 0.2) is 48.5 Å². The number of hydrogen-bond donors (Lipinski definition) is 2. The molecule has 0 bridgehead atoms. The molecule has 0 aromatic heterocycles. The summed E-state index contributed by atoms with van der Waals surface area (Å²) in [5.74, 6) is -0.983. The highest BCUT2D eigenvalue weighted by atomic mass is 16.6. The number of nitrogens with one attached hydrogen (secondary N) is 2. The van der Waals surface area contributed by atoms with Crippen LogP contribution in [0.2, 0.25) is 0 Å². The van der Waals surface area contributed by atoms with Crippen molar-refractivity contribution in [1.82, 2.24) is 15.5 Å². The standard InChI is InChI=1S/C36H49N3O7/c1-35(2,3)30(38-34(43)46-36(4,5)6)32(41)39-20-19-26(45-22-23-15-17-25(18-16-23)33(42)44-7)21-29(39)31(40)37-28-14-10-12-24-11-8-9-13-27(24)28/h8-9,11,13,15-18,26,28-30H,10,12,14,19-22H2,1-7H3,(H,37,40)(H,38,43)/t26-,28-,29+,30?/m1/s1. The lowest BCUT2D eigenvalue weighted by molar-refractivity contribution is -0.150. The first kappa shape index (κ1) is 34.9. The second kappa shape index (κ2) is 14.7. The topological polar surface area (TPSA) is 123 Å². The van der Waals surface area contributed by atoms with Crippen LogP contribution in [0, 0.1) is 5.41 Å². The zero-order chi connectivity index (χ0) is 33.6. The van der Waals surface area contributed by atoms with E-state index < -0.39 is 35.2 Å². The lowest BCUT2D eigenvalue weighted by atomic mass is 9.84. The summed E-state index contributed by atoms with van der Waals surface area (Å²) >= 11 is 0. The van der Waals surface area contributed by atoms with Crippen LogP contribution >= 0.6 is 0 Å². The van der Waals surface area contributed by atoms with E-state index in [4.69, 9.17) is 14.2 Å². The van der Waals surface area contributed by atoms with Crippen molar-refractivity contribution in [2.24, 2.45) is 5.41 Å². The van der Waals surface area contributed by atoms with Crippen LogP contribution in [0.5, 0.6) is 0 Å². The van der Waals surface area contributed by atoms with E-state index in [1.807, 2.05) is 45.0 Å². The average Bonchev–Trinajstić information content (AvgIpc) is 3.01. The average molecular weight is 636 g/mol. The first-order valence-corrected chi connectivity index (χ1v) is 16.1. The Labute approximate surface area is 272 Å². The van der Waals surface area contributed by atoms with Gasteiger partial charge in [-0.05, 0) is 80.7 Å². The van der Waals surface area contributed by atoms with Crippen molar-refractivity contribution in [2.45, 2.75) is 110 Å². The zero-order valence-corrected chi connectivity index (χ0v) is 28.2. The Bertz CT molecular complexity index is 1390. The molecule has 250 valence electrons. The van der Waals surface area contributed by atoms with Crippen LogP contribution in [-0.4, -0.2) is 66.2 Å². The summed E-state index contributed by atoms with van der Waals surface area (Å²) in [6.07, 6.45) is 2.59. The number of piperidine rings is 1. The number of fused-ring (bicyclic) bond motifs is 1. The van der Waals surface area contributed by atoms with Crippen LogP contribution < -0.4 is 10.6 Å². The Balaban J connectivity index is 1.54. The Morgan fingerprint density at radius 2 is 1.65 bits per heavy atom. The Morgan fingerprint density at radius 1 is 0.957 bits per heavy atom. The van der Waals surface area contributed by atoms with Crippen LogP contribution in [0.25, 0.3) is 0 Å². The molecule has 1 heterocycles. The maximum Gasteiger partial charge on any atom is 0.408 e. The number of aryl methyl sites for hydroxylation is 1. The molecule has 0 saturated carbocycles. The maximum atomic E-state index is 14.2. The monoisotopic (exact) mass is 635 g/mol. The molecule has 4 atom stereocenters. The van der Waals surface area contributed by atoms with Crippen molar-refractivity contribution >= 4 is 23.9 Å². The fourth-order valence-corrected chi connectivity index (χ4v) is 6.08. The van der Waals surface area contributed by atoms with Crippen LogP contribution in [0.3, 0.4) is 0 Å². The molecule has 10 nitrogen and oxygen atoms in total. The predicted octanol–water partition coefficient (Wildman–Crippen LogP) is 5.48. The molecule has 1 fully saturated rings. The lowest BCUT2D eigenvalue weighted by Gasteiger charge is -2.43. The van der Waals surface area contributed by atoms with Crippen molar-refractivity contribution in [3.8, 4) is 0 Å². The molecule has 4 rings (SSSR count). The number of alkyl carbamates (subject to hydrolysis) is 1. The molecule has 2 aliphatic rings. The second-order valence-corrected chi connectivity index (χ2v) is 14.3. The first-order valence-electron chi connectivity index (χ1n) is 16.1. The quantitative estimate of drug-likeness (QED) is 0.368. The van der Waals surface area contributed by atoms with Gasteiger partial charge >= 0.3 is 12.1 Å². The number of hydrogen-bond acceptors (Lipinski definition) is 7. The van der Waals surface area contributed by atoms with Gasteiger partial charge in [-0.15, -0.1) is 0 Å². The van der Waals surface area contributed by atoms with Crippen molar-refractivity contribution in [3.05, 3.63) is 70.8 Å². The number of benzene rings is 2. The molecule has 10 heteroatoms. The highest BCUT2D eigenvalue weighted by molar-refractivity contribution is 5.92. The van der Waals surface area contributed by atoms with Crippen molar-refractivity contribution < 1.29 is 33.4 Å². The molecule has 3 amide bonds. The van der Waals surface area contributed by atoms with Gasteiger partial charge in [-0.2, -0.15) is 0 Å². The summed E-state index contributed by atoms with van der Waals surface area (Å²) in [5.41, 5.74) is 2.28. The Hall–Kier alpha value is -3.92. The number of ether oxygens (including phenoxy) is 3. The number of rotatable bonds is 8. The minimum Gasteiger partial charge on any atom is -0.465 e. The molecule has 1 aliphatic heterocycles. The van der Waals surface area contributed by atoms with Crippen molar-refractivity contribution in [3.63, 3.8) is 0 Å². The van der Waals surface area contributed by atoms with E-state index in [-0.39, 0.29) is 37.1 Å². The molecular weight excluding hydrogens is 586 g/mol. The van der Waals surface area contributed by atoms with Crippen LogP contribution in [-0.2, 0) is 36.8 Å². The van der Waals surface area contributed by atoms with E-state index in [2.05, 4.69) is 22.8 Å². The van der Waals surface area contributed by atoms with Gasteiger partial charge in [-0.25, -0.2) is 9.59 Å². The van der Waals surface area contributed by atoms with E-state index in [0.717, 1.165) is 30.4 Å². The summed E-state index contributed by atoms with van der Waals surface area (Å²) in [5, 5.41) is 6.04. The van der Waals surface area contributed by atoms with E-state index in [1.165, 1.54) is 12.7 Å². The van der Waals surface area contributed by atoms with E-state index in [1.54, 1.807) is 37.8 Å². The zero-order valence-electron chi connectivity index (χ0n) is 28.2. The Morgan fingerprint density at radius 3 is 2.30 bits per heavy atom. The van der Waals surface area contributed by atoms with Gasteiger partial charge in [-0.3, -0.25) is 9.59 Å². The molecule has 1 aliphatic carbocycles. The smallest absolute Gasteiger partial charge is 0.408 e. The molecule has 2 aromatic carbocycles. The van der Waals surface area contributed by atoms with Gasteiger partial charge in [0.1, 0.15) is 17.7 Å². The van der Waals surface area contributed by atoms with Gasteiger partial charge in [0.2, 0.25) is 11.8 Å². The Kier molecular flexibility index (Phi) is 11.1. The van der Waals surface area contributed by atoms with Crippen LogP contribution in [0.1, 0.15) is 100 Å². The van der Waals surface area contributed by atoms with E-state index >= 15 is 0 Å². The third-order valence-corrected chi connectivity index (χ3v) is 8.46. The molecule has 2 aromatic rings. The summed E-state index contributed by atoms with van der Waals surface area (Å²) in [4.78, 5) is 54.6. The highest BCUT2D eigenvalue weighted by Gasteiger charge is 2.44. The highest BCUT2D eigenvalue weighted by Crippen LogP contribution is 2.32. The molecule has 46 heavy (non-hydrogen) atoms. The fraction of sp³-hybridized carbons (Fsp3) is 0.556. The number of carbonyl (C=O) groups excluding carboxylic acids is 4. The number of amides is 3. The number of esters is 1. The predicted molar refractivity (Wildman–Crippen MR) is 174 cm³/mol. The minimum absolute atomic E-state index is 0.151. The van der Waals surface area contributed by atoms with Crippen molar-refractivity contribution in [1.29, 1.82) is 0 Å². The third-order valence-electron chi connectivity index (χ3n) is 8.46. The normalized spacial score (nSPS) is 20.6. The van der Waals surface area contributed by atoms with Gasteiger partial charge in [0.15, 0.2) is 0 Å². The largest absolute Gasteiger partial charge is 0.465 e. The van der Waals surface area contributed by atoms with Gasteiger partial charge in [0.25, 0.3) is 0 Å². The third kappa shape index (κ3) is 9.09. The number of methoxy groups -OCH3 is 1. The van der Waals surface area contributed by atoms with E-state index in [0.29, 0.717) is 18.4 Å². The summed E-state index contributed by atoms with van der Waals surface area (Å²) in [7, 11) is 1.34. The summed E-state index contributed by atoms with van der Waals surface area (Å²) in [6, 6.07) is 13.3. The molecule has 2 N–H and O–H groups in total. The van der Waals surface area contributed by atoms with Crippen LogP contribution in [0.4, 0.5) is 4.79 Å². The van der Waals surface area contributed by atoms with Crippen molar-refractivity contribution in [2.75, 3.05) is 13.7 Å². The van der Waals surface area contributed by atoms with Gasteiger partial charge in [-0.1, -0.05) is 57.2 Å². The number of carbonyl (C=O) groups is 4. The minimum atomic E-state index is -0.918. The SMILES string of the molecule is COC(=O)c1ccc(CO[C@@H]2CCN(C(=O)C(NC(=O)OC(C)(C)C)C(C)(C)C)[C@H](C(=O)N[C@@H]3CCCc4ccccc43)C2)cc1. The lowest BCUT2D eigenvalue weighted by Crippen LogP contribution is -2.62. The van der Waals surface area contributed by atoms with Gasteiger partial charge < -0.3 is 29.7 Å². The maximum absolute atomic E-state index is 14.2. The molecule has 0 radical (unpaired) electrons. The van der Waals surface area contributed by atoms with Gasteiger partial charge in [0, 0.05) is 13.0 Å².